The highest BCUT2D eigenvalue weighted by Crippen LogP contribution is 2.21. The topological polar surface area (TPSA) is 83.8 Å². The van der Waals surface area contributed by atoms with Crippen molar-refractivity contribution in [3.05, 3.63) is 46.8 Å². The van der Waals surface area contributed by atoms with Crippen LogP contribution in [0.1, 0.15) is 42.3 Å². The Bertz CT molecular complexity index is 904. The molecule has 8 heteroatoms. The summed E-state index contributed by atoms with van der Waals surface area (Å²) in [6, 6.07) is 8.11. The van der Waals surface area contributed by atoms with E-state index >= 15 is 0 Å². The van der Waals surface area contributed by atoms with Gasteiger partial charge in [0, 0.05) is 50.1 Å². The van der Waals surface area contributed by atoms with Crippen LogP contribution in [0.4, 0.5) is 5.69 Å². The van der Waals surface area contributed by atoms with Crippen molar-refractivity contribution < 1.29 is 9.53 Å². The molecule has 0 atom stereocenters. The van der Waals surface area contributed by atoms with E-state index in [1.54, 1.807) is 7.11 Å². The Morgan fingerprint density at radius 2 is 2.00 bits per heavy atom. The number of nitrogens with one attached hydrogen (secondary N) is 2. The molecule has 1 aromatic heterocycles. The average Bonchev–Trinajstić information content (AvgIpc) is 3.31. The van der Waals surface area contributed by atoms with Crippen LogP contribution in [0.25, 0.3) is 0 Å². The highest BCUT2D eigenvalue weighted by Gasteiger charge is 2.21. The number of methoxy groups -OCH3 is 1. The van der Waals surface area contributed by atoms with Crippen LogP contribution in [0.3, 0.4) is 0 Å². The molecule has 0 bridgehead atoms. The van der Waals surface area contributed by atoms with Gasteiger partial charge in [-0.05, 0) is 44.9 Å². The van der Waals surface area contributed by atoms with Crippen molar-refractivity contribution in [2.24, 2.45) is 4.99 Å². The number of rotatable bonds is 9. The van der Waals surface area contributed by atoms with Gasteiger partial charge in [-0.15, -0.1) is 0 Å². The summed E-state index contributed by atoms with van der Waals surface area (Å²) in [5.74, 6) is 0.977. The van der Waals surface area contributed by atoms with Crippen LogP contribution in [0.2, 0.25) is 0 Å². The van der Waals surface area contributed by atoms with Gasteiger partial charge in [0.15, 0.2) is 5.96 Å². The molecule has 1 aromatic carbocycles. The van der Waals surface area contributed by atoms with Crippen molar-refractivity contribution in [1.29, 1.82) is 0 Å². The Hall–Kier alpha value is -2.87. The first-order valence-corrected chi connectivity index (χ1v) is 11.0. The van der Waals surface area contributed by atoms with Gasteiger partial charge < -0.3 is 20.3 Å². The van der Waals surface area contributed by atoms with Gasteiger partial charge >= 0.3 is 0 Å². The number of aromatic nitrogens is 2. The third kappa shape index (κ3) is 5.85. The van der Waals surface area contributed by atoms with E-state index in [1.807, 2.05) is 40.8 Å². The molecule has 8 nitrogen and oxygen atoms in total. The van der Waals surface area contributed by atoms with Gasteiger partial charge in [-0.2, -0.15) is 5.10 Å². The second kappa shape index (κ2) is 10.9. The quantitative estimate of drug-likeness (QED) is 0.476. The number of hydrogen-bond acceptors (Lipinski definition) is 4. The first kappa shape index (κ1) is 22.8. The molecule has 0 spiro atoms. The fraction of sp³-hybridized carbons (Fsp3) is 0.522. The minimum Gasteiger partial charge on any atom is -0.383 e. The second-order valence-corrected chi connectivity index (χ2v) is 7.73. The van der Waals surface area contributed by atoms with Gasteiger partial charge in [0.25, 0.3) is 0 Å². The molecular weight excluding hydrogens is 392 g/mol. The highest BCUT2D eigenvalue weighted by atomic mass is 16.5. The fourth-order valence-electron chi connectivity index (χ4n) is 3.77. The van der Waals surface area contributed by atoms with Crippen molar-refractivity contribution in [2.75, 3.05) is 31.7 Å². The predicted molar refractivity (Wildman–Crippen MR) is 123 cm³/mol. The van der Waals surface area contributed by atoms with Crippen LogP contribution in [0, 0.1) is 13.8 Å². The molecule has 2 aromatic rings. The highest BCUT2D eigenvalue weighted by molar-refractivity contribution is 5.95. The number of carbonyl (C=O) groups is 1. The van der Waals surface area contributed by atoms with Crippen LogP contribution in [0.15, 0.2) is 29.3 Å². The molecule has 1 saturated heterocycles. The molecule has 1 aliphatic heterocycles. The predicted octanol–water partition coefficient (Wildman–Crippen LogP) is 2.53. The summed E-state index contributed by atoms with van der Waals surface area (Å²) in [6.45, 7) is 10.4. The maximum Gasteiger partial charge on any atom is 0.227 e. The van der Waals surface area contributed by atoms with E-state index in [4.69, 9.17) is 9.73 Å². The number of carbonyl (C=O) groups excluding carboxylic acids is 1. The van der Waals surface area contributed by atoms with Crippen molar-refractivity contribution in [3.8, 4) is 0 Å². The van der Waals surface area contributed by atoms with E-state index in [9.17, 15) is 4.79 Å². The van der Waals surface area contributed by atoms with E-state index in [2.05, 4.69) is 29.6 Å². The van der Waals surface area contributed by atoms with E-state index in [0.29, 0.717) is 26.1 Å². The molecule has 31 heavy (non-hydrogen) atoms. The third-order valence-electron chi connectivity index (χ3n) is 5.56. The van der Waals surface area contributed by atoms with Gasteiger partial charge in [-0.3, -0.25) is 9.48 Å². The summed E-state index contributed by atoms with van der Waals surface area (Å²) in [7, 11) is 1.70. The van der Waals surface area contributed by atoms with Gasteiger partial charge in [-0.1, -0.05) is 12.1 Å². The standard InChI is InChI=1S/C23H34N6O2/c1-5-24-23(26-16-21-17(2)27-29(18(21)3)13-14-31-4)25-15-19-8-10-20(11-9-19)28-12-6-7-22(28)30/h8-11H,5-7,12-16H2,1-4H3,(H2,24,25,26). The van der Waals surface area contributed by atoms with Gasteiger partial charge in [0.05, 0.1) is 25.4 Å². The maximum absolute atomic E-state index is 11.9. The summed E-state index contributed by atoms with van der Waals surface area (Å²) in [6.07, 6.45) is 1.58. The lowest BCUT2D eigenvalue weighted by Crippen LogP contribution is -2.37. The average molecular weight is 427 g/mol. The number of benzene rings is 1. The van der Waals surface area contributed by atoms with Crippen molar-refractivity contribution in [1.82, 2.24) is 20.4 Å². The minimum atomic E-state index is 0.209. The summed E-state index contributed by atoms with van der Waals surface area (Å²) in [4.78, 5) is 18.5. The van der Waals surface area contributed by atoms with E-state index in [1.165, 1.54) is 5.56 Å². The third-order valence-corrected chi connectivity index (χ3v) is 5.56. The van der Waals surface area contributed by atoms with Crippen molar-refractivity contribution in [3.63, 3.8) is 0 Å². The smallest absolute Gasteiger partial charge is 0.227 e. The fourth-order valence-corrected chi connectivity index (χ4v) is 3.77. The number of anilines is 1. The monoisotopic (exact) mass is 426 g/mol. The van der Waals surface area contributed by atoms with Crippen LogP contribution in [-0.4, -0.2) is 48.5 Å². The second-order valence-electron chi connectivity index (χ2n) is 7.73. The first-order valence-electron chi connectivity index (χ1n) is 11.0. The zero-order valence-corrected chi connectivity index (χ0v) is 19.1. The Morgan fingerprint density at radius 1 is 1.23 bits per heavy atom. The maximum atomic E-state index is 11.9. The largest absolute Gasteiger partial charge is 0.383 e. The SMILES string of the molecule is CCNC(=NCc1ccc(N2CCCC2=O)cc1)NCc1c(C)nn(CCOC)c1C. The first-order chi connectivity index (χ1) is 15.0. The van der Waals surface area contributed by atoms with Gasteiger partial charge in [0.2, 0.25) is 5.91 Å². The zero-order valence-electron chi connectivity index (χ0n) is 19.1. The number of nitrogens with zero attached hydrogens (tertiary/aromatic N) is 4. The molecule has 3 rings (SSSR count). The van der Waals surface area contributed by atoms with Gasteiger partial charge in [-0.25, -0.2) is 4.99 Å². The summed E-state index contributed by atoms with van der Waals surface area (Å²) in [5.41, 5.74) is 5.42. The Morgan fingerprint density at radius 3 is 2.65 bits per heavy atom. The molecule has 1 fully saturated rings. The number of aryl methyl sites for hydroxylation is 1. The molecule has 1 amide bonds. The number of guanidine groups is 1. The molecule has 0 saturated carbocycles. The van der Waals surface area contributed by atoms with Crippen LogP contribution >= 0.6 is 0 Å². The lowest BCUT2D eigenvalue weighted by Gasteiger charge is -2.16. The summed E-state index contributed by atoms with van der Waals surface area (Å²) < 4.78 is 7.16. The van der Waals surface area contributed by atoms with Crippen molar-refractivity contribution in [2.45, 2.75) is 53.2 Å². The molecular formula is C23H34N6O2. The number of amides is 1. The molecule has 0 unspecified atom stereocenters. The Labute approximate surface area is 184 Å². The summed E-state index contributed by atoms with van der Waals surface area (Å²) in [5, 5.41) is 11.3. The normalized spacial score (nSPS) is 14.4. The number of ether oxygens (including phenoxy) is 1. The molecule has 2 heterocycles. The molecule has 2 N–H and O–H groups in total. The Kier molecular flexibility index (Phi) is 8.06. The number of hydrogen-bond donors (Lipinski definition) is 2. The zero-order chi connectivity index (χ0) is 22.2. The molecule has 0 aliphatic carbocycles. The van der Waals surface area contributed by atoms with Crippen LogP contribution < -0.4 is 15.5 Å². The summed E-state index contributed by atoms with van der Waals surface area (Å²) >= 11 is 0. The van der Waals surface area contributed by atoms with E-state index < -0.39 is 0 Å². The van der Waals surface area contributed by atoms with E-state index in [0.717, 1.165) is 54.7 Å². The molecule has 168 valence electrons. The van der Waals surface area contributed by atoms with E-state index in [-0.39, 0.29) is 5.91 Å². The number of aliphatic imine (C=N–C) groups is 1. The molecule has 0 radical (unpaired) electrons. The lowest BCUT2D eigenvalue weighted by molar-refractivity contribution is -0.117. The minimum absolute atomic E-state index is 0.209. The molecule has 1 aliphatic rings. The van der Waals surface area contributed by atoms with Gasteiger partial charge in [0.1, 0.15) is 0 Å². The van der Waals surface area contributed by atoms with Crippen molar-refractivity contribution >= 4 is 17.6 Å². The van der Waals surface area contributed by atoms with Crippen LogP contribution in [0.5, 0.6) is 0 Å². The lowest BCUT2D eigenvalue weighted by atomic mass is 10.2. The Balaban J connectivity index is 1.61. The van der Waals surface area contributed by atoms with Crippen LogP contribution in [-0.2, 0) is 29.2 Å².